The van der Waals surface area contributed by atoms with E-state index in [1.165, 1.54) is 36.3 Å². The van der Waals surface area contributed by atoms with Crippen LogP contribution in [0.15, 0.2) is 89.3 Å². The first-order chi connectivity index (χ1) is 15.7. The molecule has 33 heavy (non-hydrogen) atoms. The predicted molar refractivity (Wildman–Crippen MR) is 122 cm³/mol. The summed E-state index contributed by atoms with van der Waals surface area (Å²) in [4.78, 5) is 27.3. The number of methoxy groups -OCH3 is 1. The average Bonchev–Trinajstić information content (AvgIpc) is 3.09. The Balaban J connectivity index is 1.91. The van der Waals surface area contributed by atoms with Crippen molar-refractivity contribution in [1.29, 1.82) is 0 Å². The van der Waals surface area contributed by atoms with Gasteiger partial charge in [-0.15, -0.1) is 0 Å². The van der Waals surface area contributed by atoms with Gasteiger partial charge in [-0.2, -0.15) is 0 Å². The molecule has 1 fully saturated rings. The first-order valence-electron chi connectivity index (χ1n) is 9.85. The molecule has 1 unspecified atom stereocenters. The maximum absolute atomic E-state index is 13.1. The average molecular weight is 464 g/mol. The lowest BCUT2D eigenvalue weighted by Crippen LogP contribution is -2.29. The zero-order valence-corrected chi connectivity index (χ0v) is 18.3. The van der Waals surface area contributed by atoms with E-state index in [1.807, 2.05) is 0 Å². The number of hydrogen-bond donors (Lipinski definition) is 2. The molecule has 0 radical (unpaired) electrons. The molecule has 0 aromatic heterocycles. The lowest BCUT2D eigenvalue weighted by atomic mass is 9.95. The normalized spacial score (nSPS) is 17.9. The van der Waals surface area contributed by atoms with Crippen molar-refractivity contribution in [3.05, 3.63) is 95.6 Å². The predicted octanol–water partition coefficient (Wildman–Crippen LogP) is 2.97. The molecule has 0 spiro atoms. The number of Topliss-reactive ketones (excluding diaryl/α,β-unsaturated/α-hetero) is 1. The van der Waals surface area contributed by atoms with Crippen LogP contribution in [0.4, 0.5) is 5.69 Å². The number of aliphatic hydroxyl groups excluding tert-OH is 1. The van der Waals surface area contributed by atoms with Crippen molar-refractivity contribution < 1.29 is 27.9 Å². The molecule has 1 heterocycles. The zero-order chi connectivity index (χ0) is 23.8. The second-order valence-electron chi connectivity index (χ2n) is 7.35. The number of sulfonamides is 1. The van der Waals surface area contributed by atoms with Crippen molar-refractivity contribution in [2.24, 2.45) is 5.14 Å². The van der Waals surface area contributed by atoms with Gasteiger partial charge < -0.3 is 9.84 Å². The first kappa shape index (κ1) is 22.3. The van der Waals surface area contributed by atoms with Crippen LogP contribution in [0.2, 0.25) is 0 Å². The fourth-order valence-electron chi connectivity index (χ4n) is 3.75. The van der Waals surface area contributed by atoms with Gasteiger partial charge in [0.25, 0.3) is 11.7 Å². The van der Waals surface area contributed by atoms with Crippen molar-refractivity contribution in [3.63, 3.8) is 0 Å². The van der Waals surface area contributed by atoms with Crippen LogP contribution in [0.5, 0.6) is 5.75 Å². The summed E-state index contributed by atoms with van der Waals surface area (Å²) < 4.78 is 28.4. The largest absolute Gasteiger partial charge is 0.507 e. The fourth-order valence-corrected chi connectivity index (χ4v) is 4.26. The number of anilines is 1. The molecule has 9 heteroatoms. The van der Waals surface area contributed by atoms with E-state index in [2.05, 4.69) is 0 Å². The molecule has 1 aliphatic heterocycles. The third kappa shape index (κ3) is 4.11. The Morgan fingerprint density at radius 3 is 2.09 bits per heavy atom. The molecule has 0 aliphatic carbocycles. The molecule has 0 saturated carbocycles. The Morgan fingerprint density at radius 2 is 1.55 bits per heavy atom. The van der Waals surface area contributed by atoms with E-state index in [-0.39, 0.29) is 21.9 Å². The van der Waals surface area contributed by atoms with Crippen molar-refractivity contribution in [2.45, 2.75) is 10.9 Å². The van der Waals surface area contributed by atoms with E-state index in [0.29, 0.717) is 16.9 Å². The third-order valence-electron chi connectivity index (χ3n) is 5.37. The number of hydrogen-bond acceptors (Lipinski definition) is 6. The summed E-state index contributed by atoms with van der Waals surface area (Å²) in [6, 6.07) is 19.6. The number of primary sulfonamides is 1. The lowest BCUT2D eigenvalue weighted by Gasteiger charge is -2.25. The van der Waals surface area contributed by atoms with Crippen molar-refractivity contribution in [2.75, 3.05) is 12.0 Å². The molecule has 3 aromatic carbocycles. The number of ether oxygens (including phenoxy) is 1. The van der Waals surface area contributed by atoms with Crippen molar-refractivity contribution >= 4 is 33.2 Å². The number of benzene rings is 3. The summed E-state index contributed by atoms with van der Waals surface area (Å²) in [5, 5.41) is 16.2. The summed E-state index contributed by atoms with van der Waals surface area (Å²) in [5.74, 6) is -1.43. The molecular formula is C24H20N2O6S. The molecule has 3 N–H and O–H groups in total. The van der Waals surface area contributed by atoms with Gasteiger partial charge in [-0.05, 0) is 42.0 Å². The van der Waals surface area contributed by atoms with Crippen LogP contribution in [-0.4, -0.2) is 32.3 Å². The van der Waals surface area contributed by atoms with E-state index in [0.717, 1.165) is 0 Å². The minimum Gasteiger partial charge on any atom is -0.507 e. The number of carbonyl (C=O) groups excluding carboxylic acids is 2. The second kappa shape index (κ2) is 8.53. The maximum atomic E-state index is 13.1. The number of amides is 1. The SMILES string of the molecule is COc1ccc(C2/C(=C(\O)c3ccccc3)C(=O)C(=O)N2c2ccc(S(N)(=O)=O)cc2)cc1. The fraction of sp³-hybridized carbons (Fsp3) is 0.0833. The summed E-state index contributed by atoms with van der Waals surface area (Å²) >= 11 is 0. The minimum atomic E-state index is -3.93. The quantitative estimate of drug-likeness (QED) is 0.340. The number of nitrogens with two attached hydrogens (primary N) is 1. The monoisotopic (exact) mass is 464 g/mol. The molecule has 0 bridgehead atoms. The summed E-state index contributed by atoms with van der Waals surface area (Å²) in [5.41, 5.74) is 1.14. The first-order valence-corrected chi connectivity index (χ1v) is 11.4. The van der Waals surface area contributed by atoms with Gasteiger partial charge in [0.05, 0.1) is 23.6 Å². The molecule has 1 atom stereocenters. The standard InChI is InChI=1S/C24H20N2O6S/c1-32-18-11-7-15(8-12-18)21-20(22(27)16-5-3-2-4-6-16)23(28)24(29)26(21)17-9-13-19(14-10-17)33(25,30)31/h2-14,21,27H,1H3,(H2,25,30,31)/b22-20+. The van der Waals surface area contributed by atoms with E-state index in [4.69, 9.17) is 9.88 Å². The number of rotatable bonds is 5. The molecule has 8 nitrogen and oxygen atoms in total. The van der Waals surface area contributed by atoms with Crippen molar-refractivity contribution in [1.82, 2.24) is 0 Å². The smallest absolute Gasteiger partial charge is 0.300 e. The summed E-state index contributed by atoms with van der Waals surface area (Å²) in [6.07, 6.45) is 0. The van der Waals surface area contributed by atoms with E-state index < -0.39 is 27.8 Å². The highest BCUT2D eigenvalue weighted by Crippen LogP contribution is 2.42. The van der Waals surface area contributed by atoms with Crippen LogP contribution in [0, 0.1) is 0 Å². The topological polar surface area (TPSA) is 127 Å². The van der Waals surface area contributed by atoms with Gasteiger partial charge >= 0.3 is 0 Å². The Kier molecular flexibility index (Phi) is 5.75. The minimum absolute atomic E-state index is 0.0770. The highest BCUT2D eigenvalue weighted by Gasteiger charge is 2.47. The number of nitrogens with zero attached hydrogens (tertiary/aromatic N) is 1. The molecule has 4 rings (SSSR count). The molecule has 168 valence electrons. The Bertz CT molecular complexity index is 1350. The van der Waals surface area contributed by atoms with Gasteiger partial charge in [0.15, 0.2) is 0 Å². The van der Waals surface area contributed by atoms with E-state index in [9.17, 15) is 23.1 Å². The second-order valence-corrected chi connectivity index (χ2v) is 8.91. The Morgan fingerprint density at radius 1 is 0.939 bits per heavy atom. The highest BCUT2D eigenvalue weighted by molar-refractivity contribution is 7.89. The summed E-state index contributed by atoms with van der Waals surface area (Å²) in [7, 11) is -2.42. The van der Waals surface area contributed by atoms with Crippen LogP contribution in [0.3, 0.4) is 0 Å². The van der Waals surface area contributed by atoms with Crippen LogP contribution in [0.25, 0.3) is 5.76 Å². The van der Waals surface area contributed by atoms with Crippen LogP contribution >= 0.6 is 0 Å². The van der Waals surface area contributed by atoms with Gasteiger partial charge in [-0.3, -0.25) is 14.5 Å². The highest BCUT2D eigenvalue weighted by atomic mass is 32.2. The maximum Gasteiger partial charge on any atom is 0.300 e. The number of aliphatic hydroxyl groups is 1. The van der Waals surface area contributed by atoms with E-state index >= 15 is 0 Å². The van der Waals surface area contributed by atoms with E-state index in [1.54, 1.807) is 54.6 Å². The summed E-state index contributed by atoms with van der Waals surface area (Å²) in [6.45, 7) is 0. The zero-order valence-electron chi connectivity index (χ0n) is 17.5. The van der Waals surface area contributed by atoms with Gasteiger partial charge in [0, 0.05) is 11.3 Å². The van der Waals surface area contributed by atoms with Crippen LogP contribution < -0.4 is 14.8 Å². The van der Waals surface area contributed by atoms with Gasteiger partial charge in [-0.25, -0.2) is 13.6 Å². The molecular weight excluding hydrogens is 444 g/mol. The molecule has 1 saturated heterocycles. The Hall–Kier alpha value is -3.95. The van der Waals surface area contributed by atoms with Gasteiger partial charge in [0.2, 0.25) is 10.0 Å². The van der Waals surface area contributed by atoms with Gasteiger partial charge in [0.1, 0.15) is 11.5 Å². The van der Waals surface area contributed by atoms with Crippen molar-refractivity contribution in [3.8, 4) is 5.75 Å². The van der Waals surface area contributed by atoms with Crippen LogP contribution in [0.1, 0.15) is 17.2 Å². The lowest BCUT2D eigenvalue weighted by molar-refractivity contribution is -0.132. The molecule has 1 aliphatic rings. The Labute approximate surface area is 190 Å². The number of carbonyl (C=O) groups is 2. The molecule has 1 amide bonds. The third-order valence-corrected chi connectivity index (χ3v) is 6.30. The van der Waals surface area contributed by atoms with Crippen LogP contribution in [-0.2, 0) is 19.6 Å². The molecule has 3 aromatic rings. The van der Waals surface area contributed by atoms with Gasteiger partial charge in [-0.1, -0.05) is 42.5 Å². The number of ketones is 1.